The lowest BCUT2D eigenvalue weighted by Crippen LogP contribution is -2.05. The van der Waals surface area contributed by atoms with Gasteiger partial charge in [-0.3, -0.25) is 0 Å². The maximum atomic E-state index is 8.71. The Labute approximate surface area is 128 Å². The molecule has 108 valence electrons. The predicted octanol–water partition coefficient (Wildman–Crippen LogP) is 2.79. The summed E-state index contributed by atoms with van der Waals surface area (Å²) in [6.45, 7) is 0.814. The number of hydrogen-bond acceptors (Lipinski definition) is 4. The Morgan fingerprint density at radius 2 is 2.00 bits per heavy atom. The van der Waals surface area contributed by atoms with Gasteiger partial charge in [0, 0.05) is 18.9 Å². The van der Waals surface area contributed by atoms with Crippen LogP contribution in [0, 0.1) is 11.3 Å². The van der Waals surface area contributed by atoms with Crippen molar-refractivity contribution in [3.8, 4) is 11.8 Å². The summed E-state index contributed by atoms with van der Waals surface area (Å²) < 4.78 is 1.84. The van der Waals surface area contributed by atoms with Crippen LogP contribution in [-0.2, 0) is 6.42 Å². The van der Waals surface area contributed by atoms with Gasteiger partial charge in [0.25, 0.3) is 0 Å². The molecule has 2 heterocycles. The summed E-state index contributed by atoms with van der Waals surface area (Å²) in [6.07, 6.45) is 6.29. The van der Waals surface area contributed by atoms with Crippen LogP contribution in [0.15, 0.2) is 61.1 Å². The molecule has 0 saturated heterocycles. The largest absolute Gasteiger partial charge is 0.383 e. The van der Waals surface area contributed by atoms with Crippen LogP contribution in [0.4, 0.5) is 5.69 Å². The minimum Gasteiger partial charge on any atom is -0.383 e. The quantitative estimate of drug-likeness (QED) is 0.784. The summed E-state index contributed by atoms with van der Waals surface area (Å²) >= 11 is 0. The Kier molecular flexibility index (Phi) is 4.12. The Morgan fingerprint density at radius 1 is 1.14 bits per heavy atom. The first-order valence-electron chi connectivity index (χ1n) is 7.04. The molecule has 0 bridgehead atoms. The van der Waals surface area contributed by atoms with Gasteiger partial charge in [0.15, 0.2) is 0 Å². The van der Waals surface area contributed by atoms with Crippen LogP contribution < -0.4 is 5.32 Å². The molecule has 0 atom stereocenters. The fourth-order valence-corrected chi connectivity index (χ4v) is 2.15. The van der Waals surface area contributed by atoms with Gasteiger partial charge < -0.3 is 5.32 Å². The number of nitriles is 1. The zero-order chi connectivity index (χ0) is 15.2. The number of nitrogens with zero attached hydrogens (tertiary/aromatic N) is 4. The van der Waals surface area contributed by atoms with E-state index in [0.29, 0.717) is 5.69 Å². The molecule has 0 aliphatic rings. The normalized spacial score (nSPS) is 10.1. The Morgan fingerprint density at radius 3 is 2.64 bits per heavy atom. The Balaban J connectivity index is 1.54. The molecule has 0 aliphatic carbocycles. The lowest BCUT2D eigenvalue weighted by atomic mass is 10.1. The van der Waals surface area contributed by atoms with E-state index in [2.05, 4.69) is 39.7 Å². The highest BCUT2D eigenvalue weighted by Gasteiger charge is 1.98. The van der Waals surface area contributed by atoms with Gasteiger partial charge in [-0.1, -0.05) is 12.1 Å². The highest BCUT2D eigenvalue weighted by Crippen LogP contribution is 2.10. The van der Waals surface area contributed by atoms with E-state index in [4.69, 9.17) is 5.26 Å². The maximum absolute atomic E-state index is 8.71. The molecular weight excluding hydrogens is 274 g/mol. The lowest BCUT2D eigenvalue weighted by molar-refractivity contribution is 0.878. The van der Waals surface area contributed by atoms with Crippen LogP contribution in [0.2, 0.25) is 0 Å². The molecule has 3 rings (SSSR count). The second-order valence-electron chi connectivity index (χ2n) is 4.84. The molecule has 5 nitrogen and oxygen atoms in total. The lowest BCUT2D eigenvalue weighted by Gasteiger charge is -2.07. The summed E-state index contributed by atoms with van der Waals surface area (Å²) in [4.78, 5) is 4.03. The molecule has 0 amide bonds. The predicted molar refractivity (Wildman–Crippen MR) is 84.7 cm³/mol. The van der Waals surface area contributed by atoms with E-state index in [0.717, 1.165) is 24.3 Å². The van der Waals surface area contributed by atoms with E-state index in [9.17, 15) is 0 Å². The van der Waals surface area contributed by atoms with E-state index in [1.807, 2.05) is 29.1 Å². The number of benzene rings is 1. The van der Waals surface area contributed by atoms with Crippen LogP contribution >= 0.6 is 0 Å². The van der Waals surface area contributed by atoms with Crippen LogP contribution in [-0.4, -0.2) is 21.3 Å². The van der Waals surface area contributed by atoms with Gasteiger partial charge >= 0.3 is 0 Å². The van der Waals surface area contributed by atoms with Gasteiger partial charge in [0.05, 0.1) is 17.6 Å². The first kappa shape index (κ1) is 13.8. The number of nitrogens with one attached hydrogen (secondary N) is 1. The third-order valence-electron chi connectivity index (χ3n) is 3.33. The minimum atomic E-state index is 0.430. The van der Waals surface area contributed by atoms with Crippen LogP contribution in [0.25, 0.3) is 5.69 Å². The van der Waals surface area contributed by atoms with Crippen molar-refractivity contribution in [1.29, 1.82) is 5.26 Å². The molecule has 3 aromatic rings. The van der Waals surface area contributed by atoms with Crippen molar-refractivity contribution >= 4 is 5.69 Å². The van der Waals surface area contributed by atoms with E-state index in [-0.39, 0.29) is 0 Å². The van der Waals surface area contributed by atoms with Crippen molar-refractivity contribution in [2.45, 2.75) is 6.42 Å². The molecule has 22 heavy (non-hydrogen) atoms. The van der Waals surface area contributed by atoms with Crippen molar-refractivity contribution in [1.82, 2.24) is 14.8 Å². The molecule has 0 fully saturated rings. The summed E-state index contributed by atoms with van der Waals surface area (Å²) in [5.74, 6) is 0. The van der Waals surface area contributed by atoms with Gasteiger partial charge in [0.2, 0.25) is 0 Å². The van der Waals surface area contributed by atoms with Crippen molar-refractivity contribution in [2.75, 3.05) is 11.9 Å². The molecular formula is C17H15N5. The van der Waals surface area contributed by atoms with E-state index in [1.165, 1.54) is 5.56 Å². The molecule has 0 radical (unpaired) electrons. The summed E-state index contributed by atoms with van der Waals surface area (Å²) in [5.41, 5.74) is 3.66. The van der Waals surface area contributed by atoms with Crippen molar-refractivity contribution in [3.63, 3.8) is 0 Å². The molecule has 0 spiro atoms. The Bertz CT molecular complexity index is 752. The van der Waals surface area contributed by atoms with Crippen molar-refractivity contribution in [3.05, 3.63) is 72.3 Å². The molecule has 0 unspecified atom stereocenters. The number of pyridine rings is 1. The smallest absolute Gasteiger partial charge is 0.140 e. The molecule has 5 heteroatoms. The average molecular weight is 289 g/mol. The van der Waals surface area contributed by atoms with Gasteiger partial charge in [-0.15, -0.1) is 0 Å². The van der Waals surface area contributed by atoms with Crippen LogP contribution in [0.1, 0.15) is 11.3 Å². The van der Waals surface area contributed by atoms with Gasteiger partial charge in [-0.05, 0) is 42.3 Å². The molecule has 2 aromatic heterocycles. The standard InChI is InChI=1S/C17H15N5/c18-12-15-4-5-16(13-20-15)19-10-8-14-2-6-17(7-3-14)22-11-1-9-21-22/h1-7,9,11,13,19H,8,10H2. The minimum absolute atomic E-state index is 0.430. The second kappa shape index (κ2) is 6.55. The number of anilines is 1. The summed E-state index contributed by atoms with van der Waals surface area (Å²) in [6, 6.07) is 15.8. The molecule has 0 aliphatic heterocycles. The van der Waals surface area contributed by atoms with Gasteiger partial charge in [-0.2, -0.15) is 10.4 Å². The van der Waals surface area contributed by atoms with Gasteiger partial charge in [-0.25, -0.2) is 9.67 Å². The number of hydrogen-bond donors (Lipinski definition) is 1. The number of rotatable bonds is 5. The molecule has 0 saturated carbocycles. The molecule has 1 aromatic carbocycles. The second-order valence-corrected chi connectivity index (χ2v) is 4.84. The monoisotopic (exact) mass is 289 g/mol. The highest BCUT2D eigenvalue weighted by atomic mass is 15.3. The SMILES string of the molecule is N#Cc1ccc(NCCc2ccc(-n3cccn3)cc2)cn1. The fourth-order valence-electron chi connectivity index (χ4n) is 2.15. The third-order valence-corrected chi connectivity index (χ3v) is 3.33. The topological polar surface area (TPSA) is 66.5 Å². The average Bonchev–Trinajstić information content (AvgIpc) is 3.11. The molecule has 1 N–H and O–H groups in total. The van der Waals surface area contributed by atoms with E-state index >= 15 is 0 Å². The summed E-state index contributed by atoms with van der Waals surface area (Å²) in [7, 11) is 0. The zero-order valence-corrected chi connectivity index (χ0v) is 12.0. The third kappa shape index (κ3) is 3.30. The zero-order valence-electron chi connectivity index (χ0n) is 12.0. The van der Waals surface area contributed by atoms with Gasteiger partial charge in [0.1, 0.15) is 11.8 Å². The first-order chi connectivity index (χ1) is 10.8. The maximum Gasteiger partial charge on any atom is 0.140 e. The summed E-state index contributed by atoms with van der Waals surface area (Å²) in [5, 5.41) is 16.2. The Hall–Kier alpha value is -3.13. The first-order valence-corrected chi connectivity index (χ1v) is 7.04. The van der Waals surface area contributed by atoms with Crippen molar-refractivity contribution in [2.24, 2.45) is 0 Å². The highest BCUT2D eigenvalue weighted by molar-refractivity contribution is 5.43. The number of aromatic nitrogens is 3. The van der Waals surface area contributed by atoms with E-state index < -0.39 is 0 Å². The fraction of sp³-hybridized carbons (Fsp3) is 0.118. The van der Waals surface area contributed by atoms with E-state index in [1.54, 1.807) is 18.5 Å². The van der Waals surface area contributed by atoms with Crippen LogP contribution in [0.3, 0.4) is 0 Å². The van der Waals surface area contributed by atoms with Crippen LogP contribution in [0.5, 0.6) is 0 Å². The van der Waals surface area contributed by atoms with Crippen molar-refractivity contribution < 1.29 is 0 Å².